The van der Waals surface area contributed by atoms with E-state index >= 15 is 0 Å². The van der Waals surface area contributed by atoms with Gasteiger partial charge in [-0.15, -0.1) is 0 Å². The summed E-state index contributed by atoms with van der Waals surface area (Å²) < 4.78 is 11.3. The maximum atomic E-state index is 12.5. The zero-order valence-corrected chi connectivity index (χ0v) is 19.4. The summed E-state index contributed by atoms with van der Waals surface area (Å²) in [7, 11) is 0. The monoisotopic (exact) mass is 438 g/mol. The van der Waals surface area contributed by atoms with E-state index in [4.69, 9.17) is 9.47 Å². The first-order valence-corrected chi connectivity index (χ1v) is 11.4. The van der Waals surface area contributed by atoms with Gasteiger partial charge in [-0.05, 0) is 74.1 Å². The van der Waals surface area contributed by atoms with Crippen LogP contribution < -0.4 is 14.8 Å². The second-order valence-corrected chi connectivity index (χ2v) is 8.44. The molecular formula is C26H34N2O4. The number of nitrogens with one attached hydrogen (secondary N) is 1. The van der Waals surface area contributed by atoms with Gasteiger partial charge in [-0.1, -0.05) is 31.5 Å². The van der Waals surface area contributed by atoms with E-state index < -0.39 is 0 Å². The number of carbonyl (C=O) groups is 2. The van der Waals surface area contributed by atoms with Crippen LogP contribution in [0.4, 0.5) is 0 Å². The summed E-state index contributed by atoms with van der Waals surface area (Å²) in [6.45, 7) is 7.46. The molecule has 1 fully saturated rings. The molecule has 0 saturated carbocycles. The van der Waals surface area contributed by atoms with Crippen molar-refractivity contribution in [2.75, 3.05) is 26.3 Å². The molecule has 2 aromatic rings. The fraction of sp³-hybridized carbons (Fsp3) is 0.462. The SMILES string of the molecule is CCCc1ccc(OCC(=O)N2CCC(NC(=O)COc3ccc(C)c(C)c3)CC2)cc1. The van der Waals surface area contributed by atoms with Crippen LogP contribution in [0.15, 0.2) is 42.5 Å². The summed E-state index contributed by atoms with van der Waals surface area (Å²) in [5.74, 6) is 1.25. The minimum absolute atomic E-state index is 0.00741. The van der Waals surface area contributed by atoms with Crippen LogP contribution in [0, 0.1) is 13.8 Å². The Morgan fingerprint density at radius 1 is 0.938 bits per heavy atom. The molecule has 0 radical (unpaired) electrons. The molecule has 3 rings (SSSR count). The van der Waals surface area contributed by atoms with E-state index in [9.17, 15) is 9.59 Å². The molecule has 0 spiro atoms. The topological polar surface area (TPSA) is 67.9 Å². The van der Waals surface area contributed by atoms with Crippen LogP contribution >= 0.6 is 0 Å². The van der Waals surface area contributed by atoms with E-state index in [1.165, 1.54) is 11.1 Å². The molecule has 1 heterocycles. The normalized spacial score (nSPS) is 14.2. The van der Waals surface area contributed by atoms with E-state index in [1.807, 2.05) is 56.3 Å². The third-order valence-corrected chi connectivity index (χ3v) is 5.89. The lowest BCUT2D eigenvalue weighted by Gasteiger charge is -2.32. The van der Waals surface area contributed by atoms with Gasteiger partial charge in [0.05, 0.1) is 0 Å². The number of hydrogen-bond acceptors (Lipinski definition) is 4. The Balaban J connectivity index is 1.35. The van der Waals surface area contributed by atoms with Crippen LogP contribution in [0.2, 0.25) is 0 Å². The first-order chi connectivity index (χ1) is 15.4. The highest BCUT2D eigenvalue weighted by Gasteiger charge is 2.24. The van der Waals surface area contributed by atoms with Crippen molar-refractivity contribution in [3.63, 3.8) is 0 Å². The minimum Gasteiger partial charge on any atom is -0.484 e. The number of likely N-dealkylation sites (tertiary alicyclic amines) is 1. The van der Waals surface area contributed by atoms with Crippen molar-refractivity contribution >= 4 is 11.8 Å². The molecule has 0 aromatic heterocycles. The van der Waals surface area contributed by atoms with Crippen molar-refractivity contribution < 1.29 is 19.1 Å². The lowest BCUT2D eigenvalue weighted by molar-refractivity contribution is -0.134. The van der Waals surface area contributed by atoms with Crippen molar-refractivity contribution in [1.29, 1.82) is 0 Å². The largest absolute Gasteiger partial charge is 0.484 e. The van der Waals surface area contributed by atoms with Gasteiger partial charge in [0.15, 0.2) is 13.2 Å². The molecule has 32 heavy (non-hydrogen) atoms. The van der Waals surface area contributed by atoms with Crippen LogP contribution in [-0.2, 0) is 16.0 Å². The van der Waals surface area contributed by atoms with E-state index in [0.717, 1.165) is 31.2 Å². The van der Waals surface area contributed by atoms with Crippen molar-refractivity contribution in [2.24, 2.45) is 0 Å². The lowest BCUT2D eigenvalue weighted by atomic mass is 10.1. The number of benzene rings is 2. The second kappa shape index (κ2) is 11.6. The predicted molar refractivity (Wildman–Crippen MR) is 125 cm³/mol. The van der Waals surface area contributed by atoms with Gasteiger partial charge in [-0.3, -0.25) is 9.59 Å². The highest BCUT2D eigenvalue weighted by molar-refractivity contribution is 5.79. The molecule has 0 aliphatic carbocycles. The first kappa shape index (κ1) is 23.6. The summed E-state index contributed by atoms with van der Waals surface area (Å²) in [4.78, 5) is 26.5. The Labute approximate surface area is 190 Å². The number of piperidine rings is 1. The highest BCUT2D eigenvalue weighted by atomic mass is 16.5. The molecular weight excluding hydrogens is 404 g/mol. The summed E-state index contributed by atoms with van der Waals surface area (Å²) >= 11 is 0. The molecule has 2 amide bonds. The van der Waals surface area contributed by atoms with Gasteiger partial charge in [-0.2, -0.15) is 0 Å². The average Bonchev–Trinajstić information content (AvgIpc) is 2.80. The molecule has 0 atom stereocenters. The van der Waals surface area contributed by atoms with E-state index in [0.29, 0.717) is 24.6 Å². The number of ether oxygens (including phenoxy) is 2. The van der Waals surface area contributed by atoms with Crippen molar-refractivity contribution in [2.45, 2.75) is 52.5 Å². The Hall–Kier alpha value is -3.02. The summed E-state index contributed by atoms with van der Waals surface area (Å²) in [5.41, 5.74) is 3.60. The maximum Gasteiger partial charge on any atom is 0.260 e. The zero-order chi connectivity index (χ0) is 22.9. The summed E-state index contributed by atoms with van der Waals surface area (Å²) in [5, 5.41) is 3.01. The fourth-order valence-electron chi connectivity index (χ4n) is 3.77. The van der Waals surface area contributed by atoms with E-state index in [1.54, 1.807) is 4.90 Å². The maximum absolute atomic E-state index is 12.5. The molecule has 0 unspecified atom stereocenters. The van der Waals surface area contributed by atoms with Gasteiger partial charge in [0.1, 0.15) is 11.5 Å². The molecule has 1 aliphatic heterocycles. The van der Waals surface area contributed by atoms with Gasteiger partial charge in [0, 0.05) is 19.1 Å². The number of nitrogens with zero attached hydrogens (tertiary/aromatic N) is 1. The first-order valence-electron chi connectivity index (χ1n) is 11.4. The molecule has 2 aromatic carbocycles. The minimum atomic E-state index is -0.136. The predicted octanol–water partition coefficient (Wildman–Crippen LogP) is 3.82. The zero-order valence-electron chi connectivity index (χ0n) is 19.4. The molecule has 172 valence electrons. The van der Waals surface area contributed by atoms with E-state index in [2.05, 4.69) is 12.2 Å². The number of aryl methyl sites for hydroxylation is 3. The molecule has 6 heteroatoms. The van der Waals surface area contributed by atoms with Crippen LogP contribution in [0.25, 0.3) is 0 Å². The third-order valence-electron chi connectivity index (χ3n) is 5.89. The quantitative estimate of drug-likeness (QED) is 0.646. The van der Waals surface area contributed by atoms with Crippen LogP contribution in [0.3, 0.4) is 0 Å². The third kappa shape index (κ3) is 7.01. The number of amides is 2. The molecule has 1 saturated heterocycles. The van der Waals surface area contributed by atoms with Gasteiger partial charge in [0.2, 0.25) is 0 Å². The standard InChI is InChI=1S/C26H34N2O4/c1-4-5-21-7-10-23(11-8-21)32-18-26(30)28-14-12-22(13-15-28)27-25(29)17-31-24-9-6-19(2)20(3)16-24/h6-11,16,22H,4-5,12-15,17-18H2,1-3H3,(H,27,29). The highest BCUT2D eigenvalue weighted by Crippen LogP contribution is 2.17. The Morgan fingerprint density at radius 3 is 2.25 bits per heavy atom. The number of rotatable bonds is 9. The van der Waals surface area contributed by atoms with Gasteiger partial charge < -0.3 is 19.7 Å². The van der Waals surface area contributed by atoms with Gasteiger partial charge >= 0.3 is 0 Å². The smallest absolute Gasteiger partial charge is 0.260 e. The number of carbonyl (C=O) groups excluding carboxylic acids is 2. The van der Waals surface area contributed by atoms with Crippen molar-refractivity contribution in [1.82, 2.24) is 10.2 Å². The van der Waals surface area contributed by atoms with Crippen LogP contribution in [-0.4, -0.2) is 49.1 Å². The molecule has 0 bridgehead atoms. The van der Waals surface area contributed by atoms with Gasteiger partial charge in [-0.25, -0.2) is 0 Å². The van der Waals surface area contributed by atoms with Crippen LogP contribution in [0.5, 0.6) is 11.5 Å². The molecule has 1 N–H and O–H groups in total. The summed E-state index contributed by atoms with van der Waals surface area (Å²) in [6.07, 6.45) is 3.61. The number of hydrogen-bond donors (Lipinski definition) is 1. The van der Waals surface area contributed by atoms with Crippen molar-refractivity contribution in [3.05, 3.63) is 59.2 Å². The molecule has 1 aliphatic rings. The van der Waals surface area contributed by atoms with E-state index in [-0.39, 0.29) is 31.1 Å². The Morgan fingerprint density at radius 2 is 1.59 bits per heavy atom. The fourth-order valence-corrected chi connectivity index (χ4v) is 3.77. The van der Waals surface area contributed by atoms with Crippen LogP contribution in [0.1, 0.15) is 42.9 Å². The lowest BCUT2D eigenvalue weighted by Crippen LogP contribution is -2.48. The summed E-state index contributed by atoms with van der Waals surface area (Å²) in [6, 6.07) is 13.8. The van der Waals surface area contributed by atoms with Crippen molar-refractivity contribution in [3.8, 4) is 11.5 Å². The second-order valence-electron chi connectivity index (χ2n) is 8.44. The Bertz CT molecular complexity index is 903. The van der Waals surface area contributed by atoms with Gasteiger partial charge in [0.25, 0.3) is 11.8 Å². The average molecular weight is 439 g/mol. The molecule has 6 nitrogen and oxygen atoms in total. The Kier molecular flexibility index (Phi) is 8.54.